The van der Waals surface area contributed by atoms with Crippen LogP contribution >= 0.6 is 24.8 Å². The van der Waals surface area contributed by atoms with E-state index in [9.17, 15) is 0 Å². The van der Waals surface area contributed by atoms with Crippen molar-refractivity contribution >= 4 is 24.8 Å². The first kappa shape index (κ1) is 18.3. The molecule has 0 saturated carbocycles. The maximum absolute atomic E-state index is 2.33. The second kappa shape index (κ2) is 11.5. The third-order valence-electron chi connectivity index (χ3n) is 1.11. The fourth-order valence-electron chi connectivity index (χ4n) is 0.661. The largest absolute Gasteiger partial charge is 0.147 e. The zero-order chi connectivity index (χ0) is 7.28. The van der Waals surface area contributed by atoms with Crippen LogP contribution < -0.4 is 0 Å². The predicted molar refractivity (Wildman–Crippen MR) is 53.8 cm³/mol. The van der Waals surface area contributed by atoms with Crippen molar-refractivity contribution in [1.29, 1.82) is 0 Å². The molecule has 0 amide bonds. The van der Waals surface area contributed by atoms with Crippen molar-refractivity contribution in [1.82, 2.24) is 0 Å². The van der Waals surface area contributed by atoms with Gasteiger partial charge in [0.2, 0.25) is 0 Å². The van der Waals surface area contributed by atoms with Crippen LogP contribution in [0.25, 0.3) is 0 Å². The maximum atomic E-state index is 2.33. The van der Waals surface area contributed by atoms with Gasteiger partial charge in [-0.1, -0.05) is 0 Å². The minimum absolute atomic E-state index is 0. The van der Waals surface area contributed by atoms with Crippen molar-refractivity contribution in [2.24, 2.45) is 11.8 Å². The minimum atomic E-state index is 0. The van der Waals surface area contributed by atoms with Crippen LogP contribution in [0.2, 0.25) is 8.26 Å². The van der Waals surface area contributed by atoms with E-state index in [4.69, 9.17) is 0 Å². The standard InChI is InChI=1S/2C4H9.2ClH.Zr/c2*1-4(2)3;;;/h2*4H,1H2,2-3H3;2*1H;. The Morgan fingerprint density at radius 1 is 0.818 bits per heavy atom. The minimum Gasteiger partial charge on any atom is -0.147 e. The zero-order valence-corrected chi connectivity index (χ0v) is 12.0. The van der Waals surface area contributed by atoms with Gasteiger partial charge in [0.05, 0.1) is 0 Å². The summed E-state index contributed by atoms with van der Waals surface area (Å²) >= 11 is 0.0709. The molecule has 0 spiro atoms. The van der Waals surface area contributed by atoms with E-state index in [1.54, 1.807) is 8.26 Å². The average Bonchev–Trinajstić information content (AvgIpc) is 1.63. The molecule has 0 aromatic carbocycles. The molecule has 0 N–H and O–H groups in total. The van der Waals surface area contributed by atoms with Crippen LogP contribution in [0.1, 0.15) is 27.7 Å². The number of rotatable bonds is 4. The molecule has 70 valence electrons. The summed E-state index contributed by atoms with van der Waals surface area (Å²) in [6, 6.07) is 0. The Morgan fingerprint density at radius 2 is 1.09 bits per heavy atom. The summed E-state index contributed by atoms with van der Waals surface area (Å²) in [4.78, 5) is 0. The molecule has 0 aliphatic carbocycles. The summed E-state index contributed by atoms with van der Waals surface area (Å²) in [6.45, 7) is 9.34. The Bertz CT molecular complexity index is 57.1. The fraction of sp³-hybridized carbons (Fsp3) is 1.00. The molecule has 0 bridgehead atoms. The molecule has 0 aromatic heterocycles. The number of hydrogen-bond acceptors (Lipinski definition) is 0. The molecule has 0 fully saturated rings. The van der Waals surface area contributed by atoms with Gasteiger partial charge in [-0.15, -0.1) is 24.8 Å². The van der Waals surface area contributed by atoms with Gasteiger partial charge in [0.25, 0.3) is 0 Å². The quantitative estimate of drug-likeness (QED) is 0.727. The van der Waals surface area contributed by atoms with Crippen LogP contribution in [0.4, 0.5) is 0 Å². The molecule has 0 aromatic rings. The van der Waals surface area contributed by atoms with Gasteiger partial charge in [0.1, 0.15) is 0 Å². The summed E-state index contributed by atoms with van der Waals surface area (Å²) in [5, 5.41) is 0. The van der Waals surface area contributed by atoms with E-state index in [0.29, 0.717) is 0 Å². The van der Waals surface area contributed by atoms with Gasteiger partial charge in [-0.2, -0.15) is 0 Å². The molecule has 3 heteroatoms. The fourth-order valence-corrected chi connectivity index (χ4v) is 3.91. The molecule has 11 heavy (non-hydrogen) atoms. The van der Waals surface area contributed by atoms with Crippen LogP contribution in [0.5, 0.6) is 0 Å². The van der Waals surface area contributed by atoms with Gasteiger partial charge >= 0.3 is 71.0 Å². The van der Waals surface area contributed by atoms with Crippen molar-refractivity contribution in [3.8, 4) is 0 Å². The second-order valence-electron chi connectivity index (χ2n) is 3.45. The molecule has 0 atom stereocenters. The first-order valence-corrected chi connectivity index (χ1v) is 7.31. The van der Waals surface area contributed by atoms with Gasteiger partial charge in [0.15, 0.2) is 0 Å². The molecule has 0 aliphatic heterocycles. The summed E-state index contributed by atoms with van der Waals surface area (Å²) < 4.78 is 3.14. The normalized spacial score (nSPS) is 8.91. The summed E-state index contributed by atoms with van der Waals surface area (Å²) in [7, 11) is 0. The number of hydrogen-bond donors (Lipinski definition) is 0. The molecule has 0 aliphatic rings. The van der Waals surface area contributed by atoms with Crippen molar-refractivity contribution in [3.05, 3.63) is 0 Å². The van der Waals surface area contributed by atoms with E-state index < -0.39 is 0 Å². The molecule has 0 nitrogen and oxygen atoms in total. The molecule has 0 rings (SSSR count). The van der Waals surface area contributed by atoms with Crippen LogP contribution in [0, 0.1) is 11.8 Å². The van der Waals surface area contributed by atoms with Crippen molar-refractivity contribution in [3.63, 3.8) is 0 Å². The van der Waals surface area contributed by atoms with Crippen molar-refractivity contribution in [2.45, 2.75) is 36.0 Å². The van der Waals surface area contributed by atoms with E-state index >= 15 is 0 Å². The molecule has 0 heterocycles. The molecular weight excluding hydrogens is 258 g/mol. The van der Waals surface area contributed by atoms with E-state index in [2.05, 4.69) is 27.7 Å². The van der Waals surface area contributed by atoms with Crippen LogP contribution in [-0.4, -0.2) is 0 Å². The Balaban J connectivity index is -0.000000320. The Morgan fingerprint density at radius 3 is 1.27 bits per heavy atom. The Kier molecular flexibility index (Phi) is 19.1. The van der Waals surface area contributed by atoms with Gasteiger partial charge in [0, 0.05) is 0 Å². The average molecular weight is 278 g/mol. The molecular formula is C8H20Cl2Zr. The van der Waals surface area contributed by atoms with Crippen molar-refractivity contribution in [2.75, 3.05) is 0 Å². The Hall–Kier alpha value is 1.46. The van der Waals surface area contributed by atoms with Gasteiger partial charge in [-0.3, -0.25) is 0 Å². The topological polar surface area (TPSA) is 0 Å². The molecule has 0 saturated heterocycles. The second-order valence-corrected chi connectivity index (χ2v) is 6.68. The molecule has 0 unspecified atom stereocenters. The van der Waals surface area contributed by atoms with E-state index in [0.717, 1.165) is 11.8 Å². The predicted octanol–water partition coefficient (Wildman–Crippen LogP) is 4.06. The zero-order valence-electron chi connectivity index (χ0n) is 7.89. The van der Waals surface area contributed by atoms with E-state index in [1.165, 1.54) is 0 Å². The van der Waals surface area contributed by atoms with Crippen LogP contribution in [-0.2, 0) is 23.2 Å². The van der Waals surface area contributed by atoms with Crippen LogP contribution in [0.15, 0.2) is 0 Å². The third kappa shape index (κ3) is 18.4. The summed E-state index contributed by atoms with van der Waals surface area (Å²) in [5.74, 6) is 1.94. The molecule has 0 radical (unpaired) electrons. The Labute approximate surface area is 95.3 Å². The maximum Gasteiger partial charge on any atom is -0.147 e. The monoisotopic (exact) mass is 276 g/mol. The van der Waals surface area contributed by atoms with E-state index in [-0.39, 0.29) is 48.0 Å². The summed E-state index contributed by atoms with van der Waals surface area (Å²) in [6.07, 6.45) is 0. The first-order valence-electron chi connectivity index (χ1n) is 3.83. The third-order valence-corrected chi connectivity index (χ3v) is 6.54. The van der Waals surface area contributed by atoms with Gasteiger partial charge in [-0.05, 0) is 0 Å². The smallest absolute Gasteiger partial charge is 0.147 e. The van der Waals surface area contributed by atoms with Crippen LogP contribution in [0.3, 0.4) is 0 Å². The first-order chi connectivity index (χ1) is 4.13. The number of halogens is 2. The SMILES string of the molecule is CC(C)[CH2][Zr][CH2]C(C)C.Cl.Cl. The van der Waals surface area contributed by atoms with Gasteiger partial charge in [-0.25, -0.2) is 0 Å². The van der Waals surface area contributed by atoms with E-state index in [1.807, 2.05) is 0 Å². The summed E-state index contributed by atoms with van der Waals surface area (Å²) in [5.41, 5.74) is 0. The van der Waals surface area contributed by atoms with Crippen molar-refractivity contribution < 1.29 is 23.2 Å². The van der Waals surface area contributed by atoms with Gasteiger partial charge < -0.3 is 0 Å².